The van der Waals surface area contributed by atoms with E-state index in [0.717, 1.165) is 24.4 Å². The Morgan fingerprint density at radius 2 is 1.80 bits per heavy atom. The predicted molar refractivity (Wildman–Crippen MR) is 125 cm³/mol. The lowest BCUT2D eigenvalue weighted by atomic mass is 10.2. The first-order valence-electron chi connectivity index (χ1n) is 9.66. The largest absolute Gasteiger partial charge is 0.490 e. The number of hydrogen-bond donors (Lipinski definition) is 1. The number of nitrogens with zero attached hydrogens (tertiary/aromatic N) is 2. The molecule has 0 atom stereocenters. The summed E-state index contributed by atoms with van der Waals surface area (Å²) in [4.78, 5) is 17.9. The van der Waals surface area contributed by atoms with Gasteiger partial charge in [-0.05, 0) is 42.5 Å². The lowest BCUT2D eigenvalue weighted by molar-refractivity contribution is -0.137. The summed E-state index contributed by atoms with van der Waals surface area (Å²) in [7, 11) is -4.61. The van der Waals surface area contributed by atoms with E-state index in [0.29, 0.717) is 22.5 Å². The number of fused-ring (bicyclic) bond motifs is 1. The molecule has 0 saturated heterocycles. The third-order valence-corrected chi connectivity index (χ3v) is 7.02. The van der Waals surface area contributed by atoms with E-state index in [1.807, 2.05) is 0 Å². The molecule has 1 amide bonds. The molecule has 35 heavy (non-hydrogen) atoms. The number of hydrogen-bond acceptors (Lipinski definition) is 5. The van der Waals surface area contributed by atoms with E-state index in [1.165, 1.54) is 11.0 Å². The number of nitrogens with one attached hydrogen (secondary N) is 1. The maximum atomic E-state index is 13.4. The first-order valence-corrected chi connectivity index (χ1v) is 12.3. The van der Waals surface area contributed by atoms with Crippen molar-refractivity contribution in [3.8, 4) is 5.75 Å². The fourth-order valence-electron chi connectivity index (χ4n) is 3.31. The van der Waals surface area contributed by atoms with Crippen LogP contribution in [0.1, 0.15) is 16.1 Å². The zero-order valence-electron chi connectivity index (χ0n) is 17.2. The van der Waals surface area contributed by atoms with E-state index in [4.69, 9.17) is 39.5 Å². The van der Waals surface area contributed by atoms with E-state index in [-0.39, 0.29) is 29.6 Å². The molecular weight excluding hydrogens is 554 g/mol. The minimum atomic E-state index is -4.88. The van der Waals surface area contributed by atoms with Crippen molar-refractivity contribution in [3.63, 3.8) is 0 Å². The van der Waals surface area contributed by atoms with Crippen LogP contribution < -0.4 is 14.4 Å². The summed E-state index contributed by atoms with van der Waals surface area (Å²) < 4.78 is 73.2. The Hall–Kier alpha value is -2.73. The first-order chi connectivity index (χ1) is 16.4. The minimum Gasteiger partial charge on any atom is -0.490 e. The lowest BCUT2D eigenvalue weighted by Gasteiger charge is -2.30. The fraction of sp³-hybridized carbons (Fsp3) is 0.143. The number of halogens is 6. The number of alkyl halides is 3. The van der Waals surface area contributed by atoms with Gasteiger partial charge in [-0.2, -0.15) is 13.2 Å². The van der Waals surface area contributed by atoms with Crippen molar-refractivity contribution >= 4 is 62.1 Å². The number of carbonyl (C=O) groups excluding carboxylic acids is 1. The van der Waals surface area contributed by atoms with E-state index in [2.05, 4.69) is 9.71 Å². The molecule has 1 aliphatic rings. The van der Waals surface area contributed by atoms with Crippen LogP contribution in [0, 0.1) is 0 Å². The average Bonchev–Trinajstić information content (AvgIpc) is 2.77. The van der Waals surface area contributed by atoms with Crippen LogP contribution in [0.15, 0.2) is 53.6 Å². The third-order valence-electron chi connectivity index (χ3n) is 4.88. The van der Waals surface area contributed by atoms with Crippen LogP contribution in [0.2, 0.25) is 15.1 Å². The molecule has 0 fully saturated rings. The molecule has 4 rings (SSSR count). The minimum absolute atomic E-state index is 0.0169. The zero-order valence-corrected chi connectivity index (χ0v) is 20.3. The number of aromatic nitrogens is 1. The van der Waals surface area contributed by atoms with Crippen LogP contribution in [0.3, 0.4) is 0 Å². The number of ether oxygens (including phenoxy) is 1. The number of amides is 1. The van der Waals surface area contributed by atoms with Crippen LogP contribution in [0.4, 0.5) is 24.5 Å². The molecule has 0 bridgehead atoms. The second-order valence-electron chi connectivity index (χ2n) is 7.21. The van der Waals surface area contributed by atoms with Gasteiger partial charge in [-0.25, -0.2) is 13.4 Å². The van der Waals surface area contributed by atoms with Gasteiger partial charge in [-0.15, -0.1) is 0 Å². The summed E-state index contributed by atoms with van der Waals surface area (Å²) in [6.45, 7) is 0.259. The van der Waals surface area contributed by atoms with Crippen LogP contribution in [-0.2, 0) is 16.2 Å². The molecule has 2 heterocycles. The van der Waals surface area contributed by atoms with Crippen LogP contribution in [-0.4, -0.2) is 32.5 Å². The summed E-state index contributed by atoms with van der Waals surface area (Å²) in [6, 6.07) is 7.89. The Balaban J connectivity index is 1.73. The Morgan fingerprint density at radius 3 is 2.51 bits per heavy atom. The van der Waals surface area contributed by atoms with Gasteiger partial charge in [0.15, 0.2) is 5.69 Å². The van der Waals surface area contributed by atoms with Crippen molar-refractivity contribution in [2.75, 3.05) is 22.8 Å². The standard InChI is InChI=1S/C21H13Cl3F3N3O4S/c22-11-1-4-18-17(8-11)30(5-6-34-18)20(31)19-16(7-12(23)10-28-19)29-35(32,33)13-2-3-15(24)14(9-13)21(25,26)27/h1-4,7-10,29H,5-6H2. The Kier molecular flexibility index (Phi) is 6.80. The lowest BCUT2D eigenvalue weighted by Crippen LogP contribution is -2.38. The Bertz CT molecular complexity index is 1440. The summed E-state index contributed by atoms with van der Waals surface area (Å²) in [5, 5.41) is -0.349. The van der Waals surface area contributed by atoms with Gasteiger partial charge in [0.25, 0.3) is 15.9 Å². The number of pyridine rings is 1. The number of carbonyl (C=O) groups is 1. The highest BCUT2D eigenvalue weighted by Crippen LogP contribution is 2.37. The van der Waals surface area contributed by atoms with E-state index >= 15 is 0 Å². The Morgan fingerprint density at radius 1 is 1.06 bits per heavy atom. The summed E-state index contributed by atoms with van der Waals surface area (Å²) >= 11 is 17.6. The quantitative estimate of drug-likeness (QED) is 0.425. The molecule has 0 spiro atoms. The number of benzene rings is 2. The first kappa shape index (κ1) is 25.4. The summed E-state index contributed by atoms with van der Waals surface area (Å²) in [5.74, 6) is -0.329. The average molecular weight is 567 g/mol. The smallest absolute Gasteiger partial charge is 0.417 e. The molecule has 7 nitrogen and oxygen atoms in total. The van der Waals surface area contributed by atoms with Gasteiger partial charge >= 0.3 is 6.18 Å². The van der Waals surface area contributed by atoms with Crippen LogP contribution in [0.25, 0.3) is 0 Å². The predicted octanol–water partition coefficient (Wildman–Crippen LogP) is 5.90. The van der Waals surface area contributed by atoms with Crippen molar-refractivity contribution in [3.05, 3.63) is 75.0 Å². The number of anilines is 2. The van der Waals surface area contributed by atoms with Crippen molar-refractivity contribution in [2.24, 2.45) is 0 Å². The van der Waals surface area contributed by atoms with Crippen LogP contribution >= 0.6 is 34.8 Å². The number of rotatable bonds is 4. The molecular formula is C21H13Cl3F3N3O4S. The van der Waals surface area contributed by atoms with Gasteiger partial charge in [-0.1, -0.05) is 34.8 Å². The highest BCUT2D eigenvalue weighted by Gasteiger charge is 2.35. The monoisotopic (exact) mass is 565 g/mol. The molecule has 0 unspecified atom stereocenters. The van der Waals surface area contributed by atoms with E-state index in [9.17, 15) is 26.4 Å². The molecule has 3 aromatic rings. The maximum absolute atomic E-state index is 13.4. The highest BCUT2D eigenvalue weighted by atomic mass is 35.5. The van der Waals surface area contributed by atoms with Gasteiger partial charge in [0.05, 0.1) is 38.4 Å². The van der Waals surface area contributed by atoms with Crippen molar-refractivity contribution in [1.82, 2.24) is 4.98 Å². The fourth-order valence-corrected chi connectivity index (χ4v) is 4.94. The molecule has 14 heteroatoms. The Labute approximate surface area is 212 Å². The van der Waals surface area contributed by atoms with Crippen molar-refractivity contribution in [2.45, 2.75) is 11.1 Å². The normalized spacial score (nSPS) is 13.7. The molecule has 0 radical (unpaired) electrons. The van der Waals surface area contributed by atoms with E-state index < -0.39 is 37.6 Å². The molecule has 1 N–H and O–H groups in total. The molecule has 0 aliphatic carbocycles. The summed E-state index contributed by atoms with van der Waals surface area (Å²) in [5.41, 5.74) is -1.66. The SMILES string of the molecule is O=C(c1ncc(Cl)cc1NS(=O)(=O)c1ccc(Cl)c(C(F)(F)F)c1)N1CCOc2ccc(Cl)cc21. The second-order valence-corrected chi connectivity index (χ2v) is 10.2. The van der Waals surface area contributed by atoms with Crippen LogP contribution in [0.5, 0.6) is 5.75 Å². The second kappa shape index (κ2) is 9.38. The van der Waals surface area contributed by atoms with Crippen molar-refractivity contribution in [1.29, 1.82) is 0 Å². The molecule has 1 aromatic heterocycles. The molecule has 2 aromatic carbocycles. The van der Waals surface area contributed by atoms with Gasteiger partial charge in [0.1, 0.15) is 12.4 Å². The molecule has 184 valence electrons. The third kappa shape index (κ3) is 5.27. The highest BCUT2D eigenvalue weighted by molar-refractivity contribution is 7.92. The van der Waals surface area contributed by atoms with Gasteiger partial charge < -0.3 is 4.74 Å². The van der Waals surface area contributed by atoms with Crippen molar-refractivity contribution < 1.29 is 31.1 Å². The topological polar surface area (TPSA) is 88.6 Å². The molecule has 1 aliphatic heterocycles. The molecule has 0 saturated carbocycles. The van der Waals surface area contributed by atoms with Gasteiger partial charge in [-0.3, -0.25) is 14.4 Å². The number of sulfonamides is 1. The van der Waals surface area contributed by atoms with E-state index in [1.54, 1.807) is 12.1 Å². The zero-order chi connectivity index (χ0) is 25.5. The van der Waals surface area contributed by atoms with Gasteiger partial charge in [0, 0.05) is 11.2 Å². The summed E-state index contributed by atoms with van der Waals surface area (Å²) in [6.07, 6.45) is -3.75. The maximum Gasteiger partial charge on any atom is 0.417 e. The van der Waals surface area contributed by atoms with Gasteiger partial charge in [0.2, 0.25) is 0 Å².